The number of carbonyl (C=O) groups excluding carboxylic acids is 2. The van der Waals surface area contributed by atoms with Gasteiger partial charge >= 0.3 is 5.97 Å². The third-order valence-corrected chi connectivity index (χ3v) is 6.40. The van der Waals surface area contributed by atoms with Gasteiger partial charge in [0.05, 0.1) is 5.56 Å². The molecule has 0 radical (unpaired) electrons. The van der Waals surface area contributed by atoms with Crippen molar-refractivity contribution in [3.05, 3.63) is 44.5 Å². The molecule has 0 saturated heterocycles. The average molecular weight is 401 g/mol. The highest BCUT2D eigenvalue weighted by Crippen LogP contribution is 2.37. The summed E-state index contributed by atoms with van der Waals surface area (Å²) in [5, 5.41) is 14.8. The lowest BCUT2D eigenvalue weighted by Crippen LogP contribution is -2.29. The van der Waals surface area contributed by atoms with Gasteiger partial charge in [-0.2, -0.15) is 5.26 Å². The molecule has 0 unspecified atom stereocenters. The van der Waals surface area contributed by atoms with Gasteiger partial charge in [0, 0.05) is 15.8 Å². The number of hydrogen-bond acceptors (Lipinski definition) is 6. The number of nitrogens with zero attached hydrogens (tertiary/aromatic N) is 1. The largest absolute Gasteiger partial charge is 0.449 e. The zero-order valence-corrected chi connectivity index (χ0v) is 16.6. The number of ether oxygens (including phenoxy) is 1. The van der Waals surface area contributed by atoms with E-state index in [2.05, 4.69) is 11.4 Å². The summed E-state index contributed by atoms with van der Waals surface area (Å²) in [5.41, 5.74) is 1.63. The van der Waals surface area contributed by atoms with Crippen molar-refractivity contribution in [2.45, 2.75) is 45.1 Å². The van der Waals surface area contributed by atoms with Gasteiger partial charge in [-0.1, -0.05) is 12.5 Å². The molecule has 0 aliphatic heterocycles. The smallest absolute Gasteiger partial charge is 0.331 e. The molecule has 2 aromatic rings. The number of rotatable bonds is 5. The van der Waals surface area contributed by atoms with E-state index in [0.717, 1.165) is 36.1 Å². The van der Waals surface area contributed by atoms with Crippen LogP contribution >= 0.6 is 22.7 Å². The summed E-state index contributed by atoms with van der Waals surface area (Å²) in [6.45, 7) is 1.52. The molecule has 0 saturated carbocycles. The van der Waals surface area contributed by atoms with E-state index in [1.807, 2.05) is 17.5 Å². The molecule has 2 heterocycles. The standard InChI is InChI=1S/C20H20N2O3S2/c1-13(25-18(23)10-9-14-6-5-11-26-14)19(24)22-20-16(12-21)15-7-3-2-4-8-17(15)27-20/h5-6,9-11,13H,2-4,7-8H2,1H3,(H,22,24)/b10-9+/t13-/m0/s1. The van der Waals surface area contributed by atoms with Crippen LogP contribution in [0.25, 0.3) is 6.08 Å². The minimum atomic E-state index is -0.945. The van der Waals surface area contributed by atoms with Gasteiger partial charge in [-0.3, -0.25) is 4.79 Å². The highest BCUT2D eigenvalue weighted by atomic mass is 32.1. The number of amides is 1. The molecule has 1 aliphatic carbocycles. The van der Waals surface area contributed by atoms with Crippen molar-refractivity contribution < 1.29 is 14.3 Å². The second-order valence-electron chi connectivity index (χ2n) is 6.30. The lowest BCUT2D eigenvalue weighted by atomic mass is 10.1. The van der Waals surface area contributed by atoms with Crippen molar-refractivity contribution >= 4 is 45.6 Å². The first-order valence-corrected chi connectivity index (χ1v) is 10.6. The van der Waals surface area contributed by atoms with Crippen molar-refractivity contribution in [3.63, 3.8) is 0 Å². The van der Waals surface area contributed by atoms with E-state index in [0.29, 0.717) is 10.6 Å². The van der Waals surface area contributed by atoms with Crippen molar-refractivity contribution in [1.82, 2.24) is 0 Å². The van der Waals surface area contributed by atoms with Crippen LogP contribution in [0.4, 0.5) is 5.00 Å². The second kappa shape index (κ2) is 8.98. The molecule has 7 heteroatoms. The van der Waals surface area contributed by atoms with Crippen LogP contribution in [-0.2, 0) is 27.2 Å². The number of nitriles is 1. The first-order valence-electron chi connectivity index (χ1n) is 8.86. The minimum absolute atomic E-state index is 0.430. The predicted molar refractivity (Wildman–Crippen MR) is 108 cm³/mol. The van der Waals surface area contributed by atoms with E-state index in [-0.39, 0.29) is 0 Å². The summed E-state index contributed by atoms with van der Waals surface area (Å²) in [5.74, 6) is -1.01. The fourth-order valence-corrected chi connectivity index (χ4v) is 4.83. The first kappa shape index (κ1) is 19.3. The quantitative estimate of drug-likeness (QED) is 0.454. The summed E-state index contributed by atoms with van der Waals surface area (Å²) in [7, 11) is 0. The number of hydrogen-bond donors (Lipinski definition) is 1. The van der Waals surface area contributed by atoms with Gasteiger partial charge in [0.15, 0.2) is 6.10 Å². The third kappa shape index (κ3) is 4.85. The Morgan fingerprint density at radius 1 is 1.33 bits per heavy atom. The molecule has 3 rings (SSSR count). The molecule has 5 nitrogen and oxygen atoms in total. The lowest BCUT2D eigenvalue weighted by Gasteiger charge is -2.11. The zero-order valence-electron chi connectivity index (χ0n) is 15.0. The summed E-state index contributed by atoms with van der Waals surface area (Å²) in [4.78, 5) is 26.4. The summed E-state index contributed by atoms with van der Waals surface area (Å²) in [6.07, 6.45) is 7.18. The Morgan fingerprint density at radius 3 is 2.89 bits per heavy atom. The number of thiophene rings is 2. The Labute approximate surface area is 166 Å². The van der Waals surface area contributed by atoms with Gasteiger partial charge in [-0.25, -0.2) is 4.79 Å². The van der Waals surface area contributed by atoms with Crippen LogP contribution in [0.3, 0.4) is 0 Å². The number of aryl methyl sites for hydroxylation is 1. The van der Waals surface area contributed by atoms with Gasteiger partial charge in [0.25, 0.3) is 5.91 Å². The highest BCUT2D eigenvalue weighted by Gasteiger charge is 2.23. The van der Waals surface area contributed by atoms with Crippen LogP contribution in [0, 0.1) is 11.3 Å². The second-order valence-corrected chi connectivity index (χ2v) is 8.38. The Balaban J connectivity index is 1.63. The maximum atomic E-state index is 12.4. The Morgan fingerprint density at radius 2 is 2.15 bits per heavy atom. The van der Waals surface area contributed by atoms with E-state index < -0.39 is 18.0 Å². The topological polar surface area (TPSA) is 79.2 Å². The Hall–Kier alpha value is -2.43. The molecular formula is C20H20N2O3S2. The molecule has 0 bridgehead atoms. The van der Waals surface area contributed by atoms with Crippen molar-refractivity contribution in [2.24, 2.45) is 0 Å². The van der Waals surface area contributed by atoms with E-state index >= 15 is 0 Å². The fraction of sp³-hybridized carbons (Fsp3) is 0.350. The Kier molecular flexibility index (Phi) is 6.43. The third-order valence-electron chi connectivity index (χ3n) is 4.36. The van der Waals surface area contributed by atoms with Crippen LogP contribution in [-0.4, -0.2) is 18.0 Å². The monoisotopic (exact) mass is 400 g/mol. The van der Waals surface area contributed by atoms with Gasteiger partial charge < -0.3 is 10.1 Å². The van der Waals surface area contributed by atoms with Gasteiger partial charge in [0.1, 0.15) is 11.1 Å². The van der Waals surface area contributed by atoms with Crippen LogP contribution in [0.15, 0.2) is 23.6 Å². The Bertz CT molecular complexity index is 891. The molecule has 0 spiro atoms. The number of esters is 1. The van der Waals surface area contributed by atoms with Crippen LogP contribution in [0.5, 0.6) is 0 Å². The molecule has 0 aromatic carbocycles. The summed E-state index contributed by atoms with van der Waals surface area (Å²) >= 11 is 2.97. The molecule has 1 atom stereocenters. The van der Waals surface area contributed by atoms with Crippen LogP contribution in [0.2, 0.25) is 0 Å². The number of carbonyl (C=O) groups is 2. The SMILES string of the molecule is C[C@H](OC(=O)/C=C/c1cccs1)C(=O)Nc1sc2c(c1C#N)CCCCC2. The average Bonchev–Trinajstić information content (AvgIpc) is 3.22. The fourth-order valence-electron chi connectivity index (χ4n) is 2.97. The van der Waals surface area contributed by atoms with Crippen molar-refractivity contribution in [2.75, 3.05) is 5.32 Å². The molecule has 1 aliphatic rings. The van der Waals surface area contributed by atoms with Crippen LogP contribution < -0.4 is 5.32 Å². The number of nitrogens with one attached hydrogen (secondary N) is 1. The molecule has 2 aromatic heterocycles. The van der Waals surface area contributed by atoms with E-state index in [1.165, 1.54) is 47.0 Å². The maximum absolute atomic E-state index is 12.4. The van der Waals surface area contributed by atoms with E-state index in [9.17, 15) is 14.9 Å². The molecular weight excluding hydrogens is 380 g/mol. The highest BCUT2D eigenvalue weighted by molar-refractivity contribution is 7.16. The van der Waals surface area contributed by atoms with E-state index in [4.69, 9.17) is 4.74 Å². The zero-order chi connectivity index (χ0) is 19.2. The number of anilines is 1. The van der Waals surface area contributed by atoms with Crippen LogP contribution in [0.1, 0.15) is 47.1 Å². The van der Waals surface area contributed by atoms with Crippen molar-refractivity contribution in [3.8, 4) is 6.07 Å². The summed E-state index contributed by atoms with van der Waals surface area (Å²) < 4.78 is 5.17. The number of fused-ring (bicyclic) bond motifs is 1. The molecule has 1 N–H and O–H groups in total. The maximum Gasteiger partial charge on any atom is 0.331 e. The predicted octanol–water partition coefficient (Wildman–Crippen LogP) is 4.53. The normalized spacial score (nSPS) is 14.8. The van der Waals surface area contributed by atoms with Gasteiger partial charge in [-0.15, -0.1) is 22.7 Å². The van der Waals surface area contributed by atoms with Gasteiger partial charge in [0.2, 0.25) is 0 Å². The summed E-state index contributed by atoms with van der Waals surface area (Å²) in [6, 6.07) is 6.00. The molecule has 140 valence electrons. The van der Waals surface area contributed by atoms with E-state index in [1.54, 1.807) is 6.08 Å². The van der Waals surface area contributed by atoms with Crippen molar-refractivity contribution in [1.29, 1.82) is 5.26 Å². The lowest BCUT2D eigenvalue weighted by molar-refractivity contribution is -0.148. The molecule has 27 heavy (non-hydrogen) atoms. The molecule has 1 amide bonds. The first-order chi connectivity index (χ1) is 13.1. The molecule has 0 fully saturated rings. The minimum Gasteiger partial charge on any atom is -0.449 e. The van der Waals surface area contributed by atoms with Gasteiger partial charge in [-0.05, 0) is 55.7 Å².